The second-order valence-electron chi connectivity index (χ2n) is 4.43. The lowest BCUT2D eigenvalue weighted by molar-refractivity contribution is -0.128. The van der Waals surface area contributed by atoms with Crippen LogP contribution in [0.1, 0.15) is 19.8 Å². The zero-order chi connectivity index (χ0) is 12.4. The van der Waals surface area contributed by atoms with E-state index in [0.717, 1.165) is 18.5 Å². The van der Waals surface area contributed by atoms with E-state index in [1.165, 1.54) is 0 Å². The zero-order valence-corrected chi connectivity index (χ0v) is 10.1. The third kappa shape index (κ3) is 2.58. The minimum Gasteiger partial charge on any atom is -0.508 e. The van der Waals surface area contributed by atoms with Gasteiger partial charge in [-0.05, 0) is 44.0 Å². The molecule has 2 unspecified atom stereocenters. The van der Waals surface area contributed by atoms with Gasteiger partial charge < -0.3 is 14.7 Å². The Labute approximate surface area is 101 Å². The molecule has 1 heterocycles. The van der Waals surface area contributed by atoms with Crippen LogP contribution >= 0.6 is 0 Å². The molecular formula is C13H17NO3. The molecule has 2 rings (SSSR count). The topological polar surface area (TPSA) is 49.8 Å². The lowest BCUT2D eigenvalue weighted by Gasteiger charge is -2.21. The van der Waals surface area contributed by atoms with E-state index in [0.29, 0.717) is 0 Å². The molecule has 1 N–H and O–H groups in total. The molecule has 0 spiro atoms. The van der Waals surface area contributed by atoms with Crippen LogP contribution in [0.25, 0.3) is 0 Å². The van der Waals surface area contributed by atoms with Crippen molar-refractivity contribution in [2.24, 2.45) is 0 Å². The first-order valence-corrected chi connectivity index (χ1v) is 5.80. The molecular weight excluding hydrogens is 218 g/mol. The number of aromatic hydroxyl groups is 1. The molecule has 92 valence electrons. The molecule has 1 aromatic carbocycles. The van der Waals surface area contributed by atoms with Gasteiger partial charge >= 0.3 is 0 Å². The second kappa shape index (κ2) is 4.75. The van der Waals surface area contributed by atoms with Crippen molar-refractivity contribution in [2.75, 3.05) is 11.9 Å². The number of carbonyl (C=O) groups is 1. The van der Waals surface area contributed by atoms with Gasteiger partial charge in [-0.1, -0.05) is 0 Å². The number of hydrogen-bond acceptors (Lipinski definition) is 3. The Hall–Kier alpha value is -1.55. The number of hydrogen-bond donors (Lipinski definition) is 1. The number of phenolic OH excluding ortho intramolecular Hbond substituents is 1. The van der Waals surface area contributed by atoms with Crippen LogP contribution in [-0.2, 0) is 9.53 Å². The minimum atomic E-state index is -0.330. The highest BCUT2D eigenvalue weighted by Crippen LogP contribution is 2.23. The van der Waals surface area contributed by atoms with E-state index in [4.69, 9.17) is 4.74 Å². The number of rotatable bonds is 2. The second-order valence-corrected chi connectivity index (χ2v) is 4.43. The van der Waals surface area contributed by atoms with Crippen LogP contribution in [0.15, 0.2) is 24.3 Å². The van der Waals surface area contributed by atoms with Crippen LogP contribution in [0.5, 0.6) is 5.75 Å². The van der Waals surface area contributed by atoms with Gasteiger partial charge in [0, 0.05) is 12.7 Å². The Morgan fingerprint density at radius 2 is 2.00 bits per heavy atom. The highest BCUT2D eigenvalue weighted by atomic mass is 16.5. The summed E-state index contributed by atoms with van der Waals surface area (Å²) in [6.45, 7) is 1.98. The first-order valence-electron chi connectivity index (χ1n) is 5.80. The predicted molar refractivity (Wildman–Crippen MR) is 65.1 cm³/mol. The van der Waals surface area contributed by atoms with E-state index in [1.807, 2.05) is 6.92 Å². The normalized spacial score (nSPS) is 23.6. The Bertz CT molecular complexity index is 402. The fraction of sp³-hybridized carbons (Fsp3) is 0.462. The lowest BCUT2D eigenvalue weighted by atomic mass is 10.2. The number of likely N-dealkylation sites (N-methyl/N-ethyl adjacent to an activating group) is 1. The summed E-state index contributed by atoms with van der Waals surface area (Å²) in [6.07, 6.45) is 1.54. The summed E-state index contributed by atoms with van der Waals surface area (Å²) in [5.41, 5.74) is 0.760. The van der Waals surface area contributed by atoms with Crippen molar-refractivity contribution in [1.82, 2.24) is 0 Å². The van der Waals surface area contributed by atoms with Crippen molar-refractivity contribution in [2.45, 2.75) is 32.0 Å². The first-order chi connectivity index (χ1) is 8.08. The van der Waals surface area contributed by atoms with E-state index < -0.39 is 0 Å². The van der Waals surface area contributed by atoms with E-state index in [9.17, 15) is 9.90 Å². The Balaban J connectivity index is 2.06. The van der Waals surface area contributed by atoms with E-state index in [1.54, 1.807) is 36.2 Å². The van der Waals surface area contributed by atoms with Crippen molar-refractivity contribution < 1.29 is 14.6 Å². The fourth-order valence-electron chi connectivity index (χ4n) is 2.00. The third-order valence-corrected chi connectivity index (χ3v) is 3.07. The smallest absolute Gasteiger partial charge is 0.255 e. The fourth-order valence-corrected chi connectivity index (χ4v) is 2.00. The average molecular weight is 235 g/mol. The van der Waals surface area contributed by atoms with Gasteiger partial charge in [0.15, 0.2) is 0 Å². The summed E-state index contributed by atoms with van der Waals surface area (Å²) in [6, 6.07) is 6.56. The summed E-state index contributed by atoms with van der Waals surface area (Å²) in [7, 11) is 1.72. The average Bonchev–Trinajstić information content (AvgIpc) is 2.75. The first kappa shape index (κ1) is 11.9. The summed E-state index contributed by atoms with van der Waals surface area (Å²) < 4.78 is 5.55. The minimum absolute atomic E-state index is 0.0277. The maximum atomic E-state index is 12.1. The maximum Gasteiger partial charge on any atom is 0.255 e. The van der Waals surface area contributed by atoms with Crippen LogP contribution in [0.4, 0.5) is 5.69 Å². The third-order valence-electron chi connectivity index (χ3n) is 3.07. The zero-order valence-electron chi connectivity index (χ0n) is 10.1. The van der Waals surface area contributed by atoms with Crippen molar-refractivity contribution >= 4 is 11.6 Å². The van der Waals surface area contributed by atoms with Crippen molar-refractivity contribution in [3.05, 3.63) is 24.3 Å². The summed E-state index contributed by atoms with van der Waals surface area (Å²) in [5.74, 6) is 0.167. The summed E-state index contributed by atoms with van der Waals surface area (Å²) in [5, 5.41) is 9.20. The summed E-state index contributed by atoms with van der Waals surface area (Å²) >= 11 is 0. The molecule has 1 amide bonds. The molecule has 4 heteroatoms. The molecule has 1 aliphatic heterocycles. The number of ether oxygens (including phenoxy) is 1. The van der Waals surface area contributed by atoms with Crippen molar-refractivity contribution in [1.29, 1.82) is 0 Å². The molecule has 2 atom stereocenters. The molecule has 0 aromatic heterocycles. The quantitative estimate of drug-likeness (QED) is 0.852. The van der Waals surface area contributed by atoms with Gasteiger partial charge in [0.05, 0.1) is 6.10 Å². The van der Waals surface area contributed by atoms with Crippen molar-refractivity contribution in [3.63, 3.8) is 0 Å². The maximum absolute atomic E-state index is 12.1. The van der Waals surface area contributed by atoms with Gasteiger partial charge in [0.25, 0.3) is 5.91 Å². The molecule has 1 fully saturated rings. The molecule has 0 radical (unpaired) electrons. The van der Waals surface area contributed by atoms with E-state index >= 15 is 0 Å². The van der Waals surface area contributed by atoms with Gasteiger partial charge in [0.2, 0.25) is 0 Å². The van der Waals surface area contributed by atoms with E-state index in [-0.39, 0.29) is 23.9 Å². The predicted octanol–water partition coefficient (Wildman–Crippen LogP) is 1.92. The molecule has 0 aliphatic carbocycles. The largest absolute Gasteiger partial charge is 0.508 e. The Kier molecular flexibility index (Phi) is 3.33. The molecule has 0 saturated carbocycles. The molecule has 17 heavy (non-hydrogen) atoms. The number of nitrogens with zero attached hydrogens (tertiary/aromatic N) is 1. The molecule has 4 nitrogen and oxygen atoms in total. The van der Waals surface area contributed by atoms with Gasteiger partial charge in [-0.15, -0.1) is 0 Å². The van der Waals surface area contributed by atoms with E-state index in [2.05, 4.69) is 0 Å². The van der Waals surface area contributed by atoms with Crippen LogP contribution in [0.2, 0.25) is 0 Å². The Morgan fingerprint density at radius 1 is 1.35 bits per heavy atom. The molecule has 1 aromatic rings. The standard InChI is InChI=1S/C13H17NO3/c1-9-3-8-12(17-9)13(16)14(2)10-4-6-11(15)7-5-10/h4-7,9,12,15H,3,8H2,1-2H3. The van der Waals surface area contributed by atoms with Crippen LogP contribution in [0, 0.1) is 0 Å². The number of phenols is 1. The van der Waals surface area contributed by atoms with Crippen LogP contribution < -0.4 is 4.90 Å². The SMILES string of the molecule is CC1CCC(C(=O)N(C)c2ccc(O)cc2)O1. The van der Waals surface area contributed by atoms with Gasteiger partial charge in [-0.2, -0.15) is 0 Å². The van der Waals surface area contributed by atoms with Crippen LogP contribution in [0.3, 0.4) is 0 Å². The monoisotopic (exact) mass is 235 g/mol. The number of benzene rings is 1. The van der Waals surface area contributed by atoms with Crippen LogP contribution in [-0.4, -0.2) is 30.3 Å². The summed E-state index contributed by atoms with van der Waals surface area (Å²) in [4.78, 5) is 13.7. The highest BCUT2D eigenvalue weighted by Gasteiger charge is 2.30. The number of anilines is 1. The molecule has 1 aliphatic rings. The van der Waals surface area contributed by atoms with Gasteiger partial charge in [0.1, 0.15) is 11.9 Å². The number of carbonyl (C=O) groups excluding carboxylic acids is 1. The lowest BCUT2D eigenvalue weighted by Crippen LogP contribution is -2.36. The molecule has 0 bridgehead atoms. The molecule has 1 saturated heterocycles. The highest BCUT2D eigenvalue weighted by molar-refractivity contribution is 5.96. The Morgan fingerprint density at radius 3 is 2.53 bits per heavy atom. The van der Waals surface area contributed by atoms with Gasteiger partial charge in [-0.25, -0.2) is 0 Å². The van der Waals surface area contributed by atoms with Crippen molar-refractivity contribution in [3.8, 4) is 5.75 Å². The van der Waals surface area contributed by atoms with Gasteiger partial charge in [-0.3, -0.25) is 4.79 Å². The number of amides is 1.